The number of unbranched alkanes of at least 4 members (excludes halogenated alkanes) is 2. The monoisotopic (exact) mass is 770 g/mol. The summed E-state index contributed by atoms with van der Waals surface area (Å²) in [5.74, 6) is -1.13. The number of carbonyl (C=O) groups excluding carboxylic acids is 1. The second-order valence-electron chi connectivity index (χ2n) is 14.7. The number of hydrogen-bond acceptors (Lipinski definition) is 9. The van der Waals surface area contributed by atoms with Gasteiger partial charge in [0, 0.05) is 43.7 Å². The Bertz CT molecular complexity index is 1840. The lowest BCUT2D eigenvalue weighted by Gasteiger charge is -2.59. The maximum absolute atomic E-state index is 14.6. The van der Waals surface area contributed by atoms with Gasteiger partial charge in [0.1, 0.15) is 43.2 Å². The Morgan fingerprint density at radius 2 is 1.77 bits per heavy atom. The van der Waals surface area contributed by atoms with Crippen LogP contribution in [0.1, 0.15) is 74.5 Å². The summed E-state index contributed by atoms with van der Waals surface area (Å²) in [6.45, 7) is 6.68. The summed E-state index contributed by atoms with van der Waals surface area (Å²) in [7, 11) is 1.71. The highest BCUT2D eigenvalue weighted by Crippen LogP contribution is 2.61. The van der Waals surface area contributed by atoms with Crippen LogP contribution in [0.3, 0.4) is 0 Å². The van der Waals surface area contributed by atoms with Gasteiger partial charge in [0.15, 0.2) is 0 Å². The fraction of sp³-hybridized carbons (Fsp3) is 0.467. The summed E-state index contributed by atoms with van der Waals surface area (Å²) in [6, 6.07) is 21.1. The molecule has 6 rings (SSSR count). The molecule has 0 spiro atoms. The van der Waals surface area contributed by atoms with Crippen molar-refractivity contribution in [3.8, 4) is 11.5 Å². The van der Waals surface area contributed by atoms with Gasteiger partial charge in [-0.25, -0.2) is 9.18 Å². The van der Waals surface area contributed by atoms with Crippen LogP contribution >= 0.6 is 0 Å². The number of rotatable bonds is 19. The zero-order valence-corrected chi connectivity index (χ0v) is 32.5. The number of carbonyl (C=O) groups is 1. The van der Waals surface area contributed by atoms with Crippen molar-refractivity contribution in [3.05, 3.63) is 120 Å². The van der Waals surface area contributed by atoms with Crippen molar-refractivity contribution in [2.24, 2.45) is 22.9 Å². The van der Waals surface area contributed by atoms with Crippen molar-refractivity contribution < 1.29 is 43.2 Å². The molecule has 0 radical (unpaired) electrons. The van der Waals surface area contributed by atoms with E-state index in [1.165, 1.54) is 6.07 Å². The van der Waals surface area contributed by atoms with Gasteiger partial charge in [-0.05, 0) is 79.8 Å². The minimum absolute atomic E-state index is 0.0464. The van der Waals surface area contributed by atoms with Crippen molar-refractivity contribution in [1.82, 2.24) is 4.90 Å². The van der Waals surface area contributed by atoms with E-state index < -0.39 is 23.8 Å². The summed E-state index contributed by atoms with van der Waals surface area (Å²) in [5, 5.41) is 24.3. The minimum Gasteiger partial charge on any atom is -0.489 e. The van der Waals surface area contributed by atoms with Gasteiger partial charge in [0.25, 0.3) is 0 Å². The van der Waals surface area contributed by atoms with Gasteiger partial charge < -0.3 is 38.9 Å². The molecule has 10 nitrogen and oxygen atoms in total. The number of hydrogen-bond donors (Lipinski definition) is 2. The number of allylic oxidation sites excluding steroid dienone is 1. The van der Waals surface area contributed by atoms with Crippen LogP contribution in [0.15, 0.2) is 102 Å². The van der Waals surface area contributed by atoms with Gasteiger partial charge in [0.2, 0.25) is 5.79 Å². The molecule has 56 heavy (non-hydrogen) atoms. The predicted molar refractivity (Wildman–Crippen MR) is 212 cm³/mol. The van der Waals surface area contributed by atoms with Crippen LogP contribution < -0.4 is 9.47 Å². The third-order valence-electron chi connectivity index (χ3n) is 11.3. The highest BCUT2D eigenvalue weighted by atomic mass is 19.1. The van der Waals surface area contributed by atoms with Crippen LogP contribution in [0.4, 0.5) is 9.18 Å². The Labute approximate surface area is 329 Å². The molecule has 1 aliphatic heterocycles. The van der Waals surface area contributed by atoms with E-state index in [9.17, 15) is 19.4 Å². The Morgan fingerprint density at radius 1 is 1.02 bits per heavy atom. The standard InChI is InChI=1S/C45H55FN2O8/c1-4-25-54-45-41(48(3)44(51)53-29-31-15-7-6-8-16-31)28-39(47-55-5-2)36-26-32(17-11-13-23-49)35(19-12-14-24-50)42(43(36)45)37-27-34(21-22-40(37)56-45)52-30-33-18-9-10-20-38(33)46/h4,6-10,15-16,18,20-22,26-27,32,35,41-43,49-50H,1,5,11-14,17,19,23-25,28-30H2,2-3H3/t32-,35+,41-,42+,43+,45+/m0/s1. The van der Waals surface area contributed by atoms with Crippen molar-refractivity contribution in [2.45, 2.75) is 82.8 Å². The summed E-state index contributed by atoms with van der Waals surface area (Å²) in [5.41, 5.74) is 3.86. The van der Waals surface area contributed by atoms with E-state index >= 15 is 0 Å². The van der Waals surface area contributed by atoms with Crippen LogP contribution in [0, 0.1) is 23.6 Å². The van der Waals surface area contributed by atoms with E-state index in [0.717, 1.165) is 42.4 Å². The molecule has 0 bridgehead atoms. The number of ether oxygens (including phenoxy) is 4. The van der Waals surface area contributed by atoms with E-state index in [-0.39, 0.29) is 63.0 Å². The summed E-state index contributed by atoms with van der Waals surface area (Å²) in [4.78, 5) is 21.3. The lowest BCUT2D eigenvalue weighted by Crippen LogP contribution is -2.69. The van der Waals surface area contributed by atoms with Gasteiger partial charge in [-0.3, -0.25) is 0 Å². The maximum atomic E-state index is 14.6. The summed E-state index contributed by atoms with van der Waals surface area (Å²) < 4.78 is 40.8. The lowest BCUT2D eigenvalue weighted by molar-refractivity contribution is -0.253. The highest BCUT2D eigenvalue weighted by molar-refractivity contribution is 6.02. The highest BCUT2D eigenvalue weighted by Gasteiger charge is 2.65. The Morgan fingerprint density at radius 3 is 2.50 bits per heavy atom. The maximum Gasteiger partial charge on any atom is 0.410 e. The first-order valence-corrected chi connectivity index (χ1v) is 19.8. The average molecular weight is 771 g/mol. The molecule has 2 N–H and O–H groups in total. The minimum atomic E-state index is -1.40. The quantitative estimate of drug-likeness (QED) is 0.0710. The number of benzene rings is 3. The fourth-order valence-electron chi connectivity index (χ4n) is 8.68. The van der Waals surface area contributed by atoms with Crippen LogP contribution in [0.5, 0.6) is 11.5 Å². The molecule has 1 fully saturated rings. The third kappa shape index (κ3) is 8.96. The zero-order valence-electron chi connectivity index (χ0n) is 32.5. The largest absolute Gasteiger partial charge is 0.489 e. The molecule has 0 aromatic heterocycles. The molecule has 1 amide bonds. The van der Waals surface area contributed by atoms with E-state index in [1.54, 1.807) is 36.2 Å². The van der Waals surface area contributed by atoms with E-state index in [2.05, 4.69) is 12.7 Å². The third-order valence-corrected chi connectivity index (χ3v) is 11.3. The van der Waals surface area contributed by atoms with Gasteiger partial charge in [-0.2, -0.15) is 0 Å². The van der Waals surface area contributed by atoms with Gasteiger partial charge in [0.05, 0.1) is 18.2 Å². The number of halogens is 1. The molecule has 1 saturated carbocycles. The second kappa shape index (κ2) is 19.4. The Hall–Kier alpha value is -4.71. The van der Waals surface area contributed by atoms with Gasteiger partial charge >= 0.3 is 6.09 Å². The second-order valence-corrected chi connectivity index (χ2v) is 14.7. The van der Waals surface area contributed by atoms with Gasteiger partial charge in [-0.1, -0.05) is 78.7 Å². The molecule has 11 heteroatoms. The summed E-state index contributed by atoms with van der Waals surface area (Å²) in [6.07, 6.45) is 8.26. The number of aliphatic hydroxyl groups excluding tert-OH is 2. The average Bonchev–Trinajstić information content (AvgIpc) is 3.22. The molecular formula is C45H55FN2O8. The van der Waals surface area contributed by atoms with Crippen LogP contribution in [0.25, 0.3) is 0 Å². The predicted octanol–water partition coefficient (Wildman–Crippen LogP) is 8.33. The van der Waals surface area contributed by atoms with Crippen molar-refractivity contribution in [1.29, 1.82) is 0 Å². The molecule has 1 heterocycles. The molecule has 0 saturated heterocycles. The number of likely N-dealkylation sites (N-methyl/N-ethyl adjacent to an activating group) is 1. The van der Waals surface area contributed by atoms with E-state index in [0.29, 0.717) is 42.2 Å². The molecule has 3 aliphatic rings. The van der Waals surface area contributed by atoms with Crippen molar-refractivity contribution in [2.75, 3.05) is 33.5 Å². The van der Waals surface area contributed by atoms with Crippen LogP contribution in [0.2, 0.25) is 0 Å². The molecule has 0 unspecified atom stereocenters. The number of amides is 1. The number of fused-ring (bicyclic) bond motifs is 2. The van der Waals surface area contributed by atoms with Crippen molar-refractivity contribution >= 4 is 11.8 Å². The first-order chi connectivity index (χ1) is 27.3. The van der Waals surface area contributed by atoms with Crippen LogP contribution in [-0.4, -0.2) is 72.2 Å². The first kappa shape index (κ1) is 40.9. The number of nitrogens with zero attached hydrogens (tertiary/aromatic N) is 2. The van der Waals surface area contributed by atoms with E-state index in [1.807, 2.05) is 55.5 Å². The topological polar surface area (TPSA) is 119 Å². The number of oxime groups is 1. The molecule has 2 aliphatic carbocycles. The summed E-state index contributed by atoms with van der Waals surface area (Å²) >= 11 is 0. The molecule has 300 valence electrons. The lowest BCUT2D eigenvalue weighted by atomic mass is 9.55. The Kier molecular flexibility index (Phi) is 14.2. The molecular weight excluding hydrogens is 715 g/mol. The molecule has 6 atom stereocenters. The molecule has 3 aromatic carbocycles. The van der Waals surface area contributed by atoms with Gasteiger partial charge in [-0.15, -0.1) is 6.58 Å². The zero-order chi connectivity index (χ0) is 39.5. The Balaban J connectivity index is 1.49. The first-order valence-electron chi connectivity index (χ1n) is 19.8. The normalized spacial score (nSPS) is 24.3. The van der Waals surface area contributed by atoms with Crippen LogP contribution in [-0.2, 0) is 27.5 Å². The molecule has 3 aromatic rings. The smallest absolute Gasteiger partial charge is 0.410 e. The van der Waals surface area contributed by atoms with Crippen molar-refractivity contribution in [3.63, 3.8) is 0 Å². The van der Waals surface area contributed by atoms with E-state index in [4.69, 9.17) is 28.9 Å². The fourth-order valence-corrected chi connectivity index (χ4v) is 8.68. The number of aliphatic hydroxyl groups is 2. The SMILES string of the molecule is C=CCO[C@@]12Oc3ccc(OCc4ccccc4F)cc3[C@H]3[C@H](CCCCO)[C@@H](CCCCO)C=C(C(=NOCC)C[C@@H]1N(C)C(=O)OCc1ccccc1)[C@H]32.